The van der Waals surface area contributed by atoms with Crippen LogP contribution in [0.15, 0.2) is 0 Å². The van der Waals surface area contributed by atoms with Crippen LogP contribution in [0.3, 0.4) is 0 Å². The van der Waals surface area contributed by atoms with Gasteiger partial charge in [-0.15, -0.1) is 24.8 Å². The van der Waals surface area contributed by atoms with Crippen LogP contribution in [-0.4, -0.2) is 54.0 Å². The Morgan fingerprint density at radius 2 is 1.64 bits per heavy atom. The van der Waals surface area contributed by atoms with Gasteiger partial charge in [0.15, 0.2) is 0 Å². The second kappa shape index (κ2) is 9.31. The van der Waals surface area contributed by atoms with Crippen molar-refractivity contribution in [2.45, 2.75) is 63.5 Å². The molecule has 2 N–H and O–H groups in total. The second-order valence-electron chi connectivity index (χ2n) is 6.95. The first-order valence-corrected chi connectivity index (χ1v) is 8.52. The van der Waals surface area contributed by atoms with E-state index in [1.165, 1.54) is 38.8 Å². The van der Waals surface area contributed by atoms with Crippen molar-refractivity contribution < 1.29 is 4.79 Å². The molecule has 130 valence electrons. The zero-order valence-corrected chi connectivity index (χ0v) is 15.0. The molecule has 4 nitrogen and oxygen atoms in total. The van der Waals surface area contributed by atoms with Gasteiger partial charge in [0, 0.05) is 31.1 Å². The molecule has 1 amide bonds. The number of nitrogens with zero attached hydrogens (tertiary/aromatic N) is 2. The fraction of sp³-hybridized carbons (Fsp3) is 0.938. The van der Waals surface area contributed by atoms with Gasteiger partial charge in [-0.3, -0.25) is 9.69 Å². The summed E-state index contributed by atoms with van der Waals surface area (Å²) < 4.78 is 0. The third-order valence-corrected chi connectivity index (χ3v) is 5.45. The lowest BCUT2D eigenvalue weighted by atomic mass is 9.85. The third-order valence-electron chi connectivity index (χ3n) is 5.45. The summed E-state index contributed by atoms with van der Waals surface area (Å²) in [5.41, 5.74) is 6.03. The summed E-state index contributed by atoms with van der Waals surface area (Å²) in [7, 11) is 0. The normalized spacial score (nSPS) is 33.0. The molecule has 3 fully saturated rings. The van der Waals surface area contributed by atoms with Crippen molar-refractivity contribution in [1.29, 1.82) is 0 Å². The number of halogens is 2. The maximum atomic E-state index is 12.6. The lowest BCUT2D eigenvalue weighted by Gasteiger charge is -2.33. The minimum Gasteiger partial charge on any atom is -0.341 e. The number of hydrogen-bond acceptors (Lipinski definition) is 3. The van der Waals surface area contributed by atoms with Crippen molar-refractivity contribution in [3.05, 3.63) is 0 Å². The maximum absolute atomic E-state index is 12.6. The molecule has 1 saturated carbocycles. The van der Waals surface area contributed by atoms with Gasteiger partial charge in [0.25, 0.3) is 0 Å². The van der Waals surface area contributed by atoms with Crippen molar-refractivity contribution in [3.63, 3.8) is 0 Å². The van der Waals surface area contributed by atoms with Crippen LogP contribution in [0.25, 0.3) is 0 Å². The number of amides is 1. The molecule has 2 saturated heterocycles. The average Bonchev–Trinajstić information content (AvgIpc) is 2.97. The van der Waals surface area contributed by atoms with Gasteiger partial charge in [-0.2, -0.15) is 0 Å². The highest BCUT2D eigenvalue weighted by atomic mass is 35.5. The Bertz CT molecular complexity index is 350. The number of rotatable bonds is 2. The summed E-state index contributed by atoms with van der Waals surface area (Å²) >= 11 is 0. The van der Waals surface area contributed by atoms with Gasteiger partial charge in [-0.05, 0) is 51.6 Å². The van der Waals surface area contributed by atoms with Crippen LogP contribution in [0, 0.1) is 5.92 Å². The van der Waals surface area contributed by atoms with E-state index in [2.05, 4.69) is 9.80 Å². The molecular formula is C16H31Cl2N3O. The zero-order chi connectivity index (χ0) is 13.9. The number of nitrogens with two attached hydrogens (primary N) is 1. The first-order valence-electron chi connectivity index (χ1n) is 8.52. The van der Waals surface area contributed by atoms with Gasteiger partial charge in [0.2, 0.25) is 5.91 Å². The molecule has 2 aliphatic heterocycles. The van der Waals surface area contributed by atoms with E-state index in [0.29, 0.717) is 11.9 Å². The molecule has 6 heteroatoms. The summed E-state index contributed by atoms with van der Waals surface area (Å²) in [5.74, 6) is 0.596. The van der Waals surface area contributed by atoms with Crippen molar-refractivity contribution in [2.75, 3.05) is 26.2 Å². The van der Waals surface area contributed by atoms with Crippen LogP contribution in [0.1, 0.15) is 51.4 Å². The minimum atomic E-state index is 0. The lowest BCUT2D eigenvalue weighted by molar-refractivity contribution is -0.135. The van der Waals surface area contributed by atoms with Crippen LogP contribution >= 0.6 is 24.8 Å². The van der Waals surface area contributed by atoms with Crippen molar-refractivity contribution >= 4 is 30.7 Å². The fourth-order valence-corrected chi connectivity index (χ4v) is 4.23. The highest BCUT2D eigenvalue weighted by Crippen LogP contribution is 2.27. The summed E-state index contributed by atoms with van der Waals surface area (Å²) in [6.07, 6.45) is 9.41. The van der Waals surface area contributed by atoms with E-state index in [4.69, 9.17) is 5.73 Å². The van der Waals surface area contributed by atoms with E-state index in [0.717, 1.165) is 38.8 Å². The SMILES string of the molecule is Cl.Cl.NC1CCCC(C(=O)N2CCC(N3CCCCC3)C2)C1. The van der Waals surface area contributed by atoms with Crippen LogP contribution in [0.4, 0.5) is 0 Å². The topological polar surface area (TPSA) is 49.6 Å². The quantitative estimate of drug-likeness (QED) is 0.830. The Morgan fingerprint density at radius 1 is 0.909 bits per heavy atom. The molecular weight excluding hydrogens is 321 g/mol. The molecule has 0 aromatic rings. The Kier molecular flexibility index (Phi) is 8.47. The first kappa shape index (κ1) is 20.0. The standard InChI is InChI=1S/C16H29N3O.2ClH/c17-14-6-4-5-13(11-14)16(20)19-10-7-15(12-19)18-8-2-1-3-9-18;;/h13-15H,1-12,17H2;2*1H. The summed E-state index contributed by atoms with van der Waals surface area (Å²) in [6, 6.07) is 0.870. The Morgan fingerprint density at radius 3 is 2.32 bits per heavy atom. The molecule has 0 radical (unpaired) electrons. The zero-order valence-electron chi connectivity index (χ0n) is 13.4. The van der Waals surface area contributed by atoms with Gasteiger partial charge >= 0.3 is 0 Å². The monoisotopic (exact) mass is 351 g/mol. The minimum absolute atomic E-state index is 0. The lowest BCUT2D eigenvalue weighted by Crippen LogP contribution is -2.43. The molecule has 0 spiro atoms. The highest BCUT2D eigenvalue weighted by Gasteiger charge is 2.35. The first-order chi connectivity index (χ1) is 9.74. The van der Waals surface area contributed by atoms with Gasteiger partial charge < -0.3 is 10.6 Å². The smallest absolute Gasteiger partial charge is 0.225 e. The molecule has 0 aromatic carbocycles. The number of piperidine rings is 1. The van der Waals surface area contributed by atoms with E-state index >= 15 is 0 Å². The molecule has 2 heterocycles. The van der Waals surface area contributed by atoms with Gasteiger partial charge in [0.1, 0.15) is 0 Å². The van der Waals surface area contributed by atoms with Gasteiger partial charge in [-0.25, -0.2) is 0 Å². The van der Waals surface area contributed by atoms with E-state index in [9.17, 15) is 4.79 Å². The van der Waals surface area contributed by atoms with Crippen LogP contribution in [0.5, 0.6) is 0 Å². The molecule has 3 atom stereocenters. The Hall–Kier alpha value is -0.0300. The fourth-order valence-electron chi connectivity index (χ4n) is 4.23. The molecule has 0 bridgehead atoms. The van der Waals surface area contributed by atoms with Crippen molar-refractivity contribution in [2.24, 2.45) is 11.7 Å². The predicted octanol–water partition coefficient (Wildman–Crippen LogP) is 2.43. The van der Waals surface area contributed by atoms with Crippen LogP contribution < -0.4 is 5.73 Å². The third kappa shape index (κ3) is 4.73. The van der Waals surface area contributed by atoms with E-state index in [1.54, 1.807) is 0 Å². The number of carbonyl (C=O) groups excluding carboxylic acids is 1. The number of carbonyl (C=O) groups is 1. The van der Waals surface area contributed by atoms with Crippen LogP contribution in [0.2, 0.25) is 0 Å². The molecule has 3 aliphatic rings. The summed E-state index contributed by atoms with van der Waals surface area (Å²) in [4.78, 5) is 17.4. The van der Waals surface area contributed by atoms with E-state index < -0.39 is 0 Å². The Labute approximate surface area is 147 Å². The highest BCUT2D eigenvalue weighted by molar-refractivity contribution is 5.85. The molecule has 1 aliphatic carbocycles. The Balaban J connectivity index is 0.00000121. The predicted molar refractivity (Wildman–Crippen MR) is 94.8 cm³/mol. The largest absolute Gasteiger partial charge is 0.341 e. The average molecular weight is 352 g/mol. The summed E-state index contributed by atoms with van der Waals surface area (Å²) in [5, 5.41) is 0. The molecule has 3 rings (SSSR count). The van der Waals surface area contributed by atoms with E-state index in [-0.39, 0.29) is 36.8 Å². The molecule has 22 heavy (non-hydrogen) atoms. The van der Waals surface area contributed by atoms with Crippen LogP contribution in [-0.2, 0) is 4.79 Å². The molecule has 3 unspecified atom stereocenters. The van der Waals surface area contributed by atoms with E-state index in [1.807, 2.05) is 0 Å². The maximum Gasteiger partial charge on any atom is 0.225 e. The summed E-state index contributed by atoms with van der Waals surface area (Å²) in [6.45, 7) is 4.40. The number of likely N-dealkylation sites (tertiary alicyclic amines) is 2. The number of hydrogen-bond donors (Lipinski definition) is 1. The second-order valence-corrected chi connectivity index (χ2v) is 6.95. The van der Waals surface area contributed by atoms with Gasteiger partial charge in [0.05, 0.1) is 0 Å². The molecule has 0 aromatic heterocycles. The van der Waals surface area contributed by atoms with Gasteiger partial charge in [-0.1, -0.05) is 12.8 Å². The van der Waals surface area contributed by atoms with Crippen molar-refractivity contribution in [3.8, 4) is 0 Å². The van der Waals surface area contributed by atoms with Crippen molar-refractivity contribution in [1.82, 2.24) is 9.80 Å².